The van der Waals surface area contributed by atoms with Crippen LogP contribution in [0.3, 0.4) is 0 Å². The van der Waals surface area contributed by atoms with Gasteiger partial charge in [0.05, 0.1) is 25.4 Å². The number of rotatable bonds is 57. The van der Waals surface area contributed by atoms with Crippen molar-refractivity contribution in [3.05, 3.63) is 48.6 Å². The molecule has 1 aliphatic rings. The van der Waals surface area contributed by atoms with Gasteiger partial charge in [-0.2, -0.15) is 0 Å². The minimum Gasteiger partial charge on any atom is -0.454 e. The predicted octanol–water partition coefficient (Wildman–Crippen LogP) is 16.4. The van der Waals surface area contributed by atoms with Crippen LogP contribution >= 0.6 is 0 Å². The summed E-state index contributed by atoms with van der Waals surface area (Å²) >= 11 is 0. The van der Waals surface area contributed by atoms with Gasteiger partial charge < -0.3 is 45.1 Å². The van der Waals surface area contributed by atoms with Crippen LogP contribution in [0.2, 0.25) is 0 Å². The molecular weight excluding hydrogens is 991 g/mol. The Hall–Kier alpha value is -2.38. The second kappa shape index (κ2) is 56.1. The lowest BCUT2D eigenvalue weighted by Gasteiger charge is -2.41. The third-order valence-corrected chi connectivity index (χ3v) is 15.7. The van der Waals surface area contributed by atoms with Crippen molar-refractivity contribution < 1.29 is 49.3 Å². The molecule has 0 aromatic rings. The van der Waals surface area contributed by atoms with Crippen LogP contribution in [0.5, 0.6) is 0 Å². The summed E-state index contributed by atoms with van der Waals surface area (Å²) in [7, 11) is 0. The van der Waals surface area contributed by atoms with E-state index in [0.29, 0.717) is 19.3 Å². The van der Waals surface area contributed by atoms with Crippen LogP contribution in [0.25, 0.3) is 0 Å². The first-order chi connectivity index (χ1) is 38.7. The van der Waals surface area contributed by atoms with E-state index in [0.717, 1.165) is 77.0 Å². The van der Waals surface area contributed by atoms with Crippen LogP contribution in [-0.2, 0) is 23.8 Å². The fourth-order valence-electron chi connectivity index (χ4n) is 10.4. The molecule has 11 nitrogen and oxygen atoms in total. The van der Waals surface area contributed by atoms with Gasteiger partial charge in [-0.3, -0.25) is 9.59 Å². The van der Waals surface area contributed by atoms with Crippen LogP contribution in [0.4, 0.5) is 0 Å². The van der Waals surface area contributed by atoms with Gasteiger partial charge in [-0.05, 0) is 64.2 Å². The maximum atomic E-state index is 13.4. The van der Waals surface area contributed by atoms with Crippen molar-refractivity contribution >= 4 is 11.9 Å². The van der Waals surface area contributed by atoms with Crippen molar-refractivity contribution in [2.24, 2.45) is 0 Å². The molecule has 1 aliphatic heterocycles. The summed E-state index contributed by atoms with van der Waals surface area (Å²) in [6.07, 6.45) is 58.6. The maximum Gasteiger partial charge on any atom is 0.306 e. The molecule has 8 atom stereocenters. The Morgan fingerprint density at radius 3 is 1.33 bits per heavy atom. The number of carbonyl (C=O) groups excluding carboxylic acids is 2. The number of ether oxygens (including phenoxy) is 3. The van der Waals surface area contributed by atoms with Crippen molar-refractivity contribution in [3.8, 4) is 0 Å². The molecule has 1 heterocycles. The summed E-state index contributed by atoms with van der Waals surface area (Å²) in [6.45, 7) is 5.79. The quantitative estimate of drug-likeness (QED) is 0.0195. The fourth-order valence-corrected chi connectivity index (χ4v) is 10.4. The molecule has 0 aromatic carbocycles. The van der Waals surface area contributed by atoms with Gasteiger partial charge in [-0.1, -0.05) is 288 Å². The Bertz CT molecular complexity index is 1470. The molecule has 1 amide bonds. The normalized spacial score (nSPS) is 19.1. The Labute approximate surface area is 485 Å². The van der Waals surface area contributed by atoms with E-state index in [4.69, 9.17) is 14.2 Å². The summed E-state index contributed by atoms with van der Waals surface area (Å²) in [5.74, 6) is -1.19. The first-order valence-electron chi connectivity index (χ1n) is 33.4. The lowest BCUT2D eigenvalue weighted by atomic mass is 9.99. The van der Waals surface area contributed by atoms with E-state index in [1.54, 1.807) is 6.08 Å². The number of hydrogen-bond donors (Lipinski definition) is 6. The average molecular weight is 1120 g/mol. The summed E-state index contributed by atoms with van der Waals surface area (Å²) < 4.78 is 17.7. The maximum absolute atomic E-state index is 13.4. The zero-order valence-corrected chi connectivity index (χ0v) is 51.2. The van der Waals surface area contributed by atoms with Crippen molar-refractivity contribution in [2.75, 3.05) is 13.2 Å². The van der Waals surface area contributed by atoms with E-state index in [2.05, 4.69) is 62.5 Å². The molecule has 462 valence electrons. The number of hydrogen-bond acceptors (Lipinski definition) is 10. The molecule has 0 bridgehead atoms. The summed E-state index contributed by atoms with van der Waals surface area (Å²) in [6, 6.07) is -1.02. The van der Waals surface area contributed by atoms with E-state index in [-0.39, 0.29) is 13.0 Å². The summed E-state index contributed by atoms with van der Waals surface area (Å²) in [5.41, 5.74) is 0. The van der Waals surface area contributed by atoms with Crippen LogP contribution in [0.1, 0.15) is 310 Å². The first-order valence-corrected chi connectivity index (χ1v) is 33.4. The Morgan fingerprint density at radius 1 is 0.494 bits per heavy atom. The fraction of sp³-hybridized carbons (Fsp3) is 0.853. The van der Waals surface area contributed by atoms with E-state index >= 15 is 0 Å². The van der Waals surface area contributed by atoms with Gasteiger partial charge >= 0.3 is 5.97 Å². The molecule has 1 saturated heterocycles. The Balaban J connectivity index is 2.61. The van der Waals surface area contributed by atoms with E-state index in [1.807, 2.05) is 6.08 Å². The second-order valence-electron chi connectivity index (χ2n) is 23.2. The largest absolute Gasteiger partial charge is 0.454 e. The lowest BCUT2D eigenvalue weighted by molar-refractivity contribution is -0.305. The zero-order chi connectivity index (χ0) is 57.5. The van der Waals surface area contributed by atoms with Gasteiger partial charge in [0.1, 0.15) is 24.4 Å². The Kier molecular flexibility index (Phi) is 53.0. The van der Waals surface area contributed by atoms with Gasteiger partial charge in [0.2, 0.25) is 5.91 Å². The minimum atomic E-state index is -1.61. The van der Waals surface area contributed by atoms with Gasteiger partial charge in [-0.15, -0.1) is 0 Å². The molecule has 0 aromatic heterocycles. The first kappa shape index (κ1) is 74.6. The van der Waals surface area contributed by atoms with Gasteiger partial charge in [0.25, 0.3) is 0 Å². The molecular formula is C68H125NO10. The third-order valence-electron chi connectivity index (χ3n) is 15.7. The number of unbranched alkanes of at least 4 members (excludes halogenated alkanes) is 37. The van der Waals surface area contributed by atoms with Crippen molar-refractivity contribution in [2.45, 2.75) is 359 Å². The molecule has 1 fully saturated rings. The number of amides is 1. The van der Waals surface area contributed by atoms with E-state index in [1.165, 1.54) is 186 Å². The number of nitrogens with one attached hydrogen (secondary N) is 1. The van der Waals surface area contributed by atoms with Crippen LogP contribution in [-0.4, -0.2) is 99.6 Å². The molecule has 0 aliphatic carbocycles. The molecule has 1 rings (SSSR count). The highest BCUT2D eigenvalue weighted by molar-refractivity contribution is 5.80. The monoisotopic (exact) mass is 1120 g/mol. The highest BCUT2D eigenvalue weighted by atomic mass is 16.7. The average Bonchev–Trinajstić information content (AvgIpc) is 3.50. The lowest BCUT2D eigenvalue weighted by Crippen LogP contribution is -2.61. The number of carbonyl (C=O) groups is 2. The van der Waals surface area contributed by atoms with Crippen LogP contribution in [0, 0.1) is 0 Å². The van der Waals surface area contributed by atoms with Crippen molar-refractivity contribution in [1.29, 1.82) is 0 Å². The highest BCUT2D eigenvalue weighted by Crippen LogP contribution is 2.26. The zero-order valence-electron chi connectivity index (χ0n) is 51.2. The van der Waals surface area contributed by atoms with Gasteiger partial charge in [-0.25, -0.2) is 0 Å². The number of allylic oxidation sites excluding steroid dienone is 7. The predicted molar refractivity (Wildman–Crippen MR) is 329 cm³/mol. The van der Waals surface area contributed by atoms with Crippen molar-refractivity contribution in [3.63, 3.8) is 0 Å². The number of aliphatic hydroxyl groups excluding tert-OH is 5. The molecule has 0 spiro atoms. The number of aliphatic hydroxyl groups is 5. The smallest absolute Gasteiger partial charge is 0.306 e. The minimum absolute atomic E-state index is 0.120. The molecule has 0 saturated carbocycles. The van der Waals surface area contributed by atoms with E-state index in [9.17, 15) is 35.1 Å². The van der Waals surface area contributed by atoms with Crippen LogP contribution < -0.4 is 5.32 Å². The van der Waals surface area contributed by atoms with E-state index < -0.39 is 67.4 Å². The summed E-state index contributed by atoms with van der Waals surface area (Å²) in [5, 5.41) is 57.1. The summed E-state index contributed by atoms with van der Waals surface area (Å²) in [4.78, 5) is 26.6. The Morgan fingerprint density at radius 2 is 0.873 bits per heavy atom. The highest BCUT2D eigenvalue weighted by Gasteiger charge is 2.47. The molecule has 8 unspecified atom stereocenters. The number of esters is 1. The molecule has 11 heteroatoms. The SMILES string of the molecule is CCCCC/C=C\C/C=C\C/C=C\CCCCCCCCCCCCC(=O)OC1C(OCC(NC(=O)C(O)CCCCCCCCCCCCCCCC)C(O)/C=C/CCCCCCCCCCCCC)OC(CO)C(O)C1O. The topological polar surface area (TPSA) is 175 Å². The van der Waals surface area contributed by atoms with Gasteiger partial charge in [0, 0.05) is 6.42 Å². The second-order valence-corrected chi connectivity index (χ2v) is 23.2. The third kappa shape index (κ3) is 43.9. The van der Waals surface area contributed by atoms with Crippen LogP contribution in [0.15, 0.2) is 48.6 Å². The molecule has 79 heavy (non-hydrogen) atoms. The standard InChI is InChI=1S/C68H125NO10/c1-4-7-10-13-16-19-22-25-27-28-29-30-31-32-33-34-35-38-41-44-47-50-53-56-63(73)79-66-65(75)64(74)62(57-70)78-68(66)77-58-59(60(71)54-51-48-45-42-39-36-24-21-18-15-12-9-6-3)69-67(76)61(72)55-52-49-46-43-40-37-26-23-20-17-14-11-8-5-2/h16,19,25,27,29-30,51,54,59-62,64-66,68,70-72,74-75H,4-15,17-18,20-24,26,28,31-50,52-53,55-58H2,1-3H3,(H,69,76)/b19-16-,27-25-,30-29-,54-51+. The molecule has 6 N–H and O–H groups in total. The van der Waals surface area contributed by atoms with Gasteiger partial charge in [0.15, 0.2) is 12.4 Å². The van der Waals surface area contributed by atoms with Crippen molar-refractivity contribution in [1.82, 2.24) is 5.32 Å². The molecule has 0 radical (unpaired) electrons.